The fraction of sp³-hybridized carbons (Fsp3) is 0.462. The lowest BCUT2D eigenvalue weighted by Gasteiger charge is -2.35. The fourth-order valence-electron chi connectivity index (χ4n) is 1.64. The first-order valence-electron chi connectivity index (χ1n) is 5.15. The largest absolute Gasteiger partial charge is 0.377 e. The minimum Gasteiger partial charge on any atom is -0.377 e. The average Bonchev–Trinajstić information content (AvgIpc) is 2.26. The number of hydrogen-bond acceptors (Lipinski definition) is 3. The standard InChI is InChI=1S/C13H16O3/c1-4-5-8-11-10(7-6-9-16-3)12(14)13(11,2)15/h4,15H,1,5,8-9H2,2-3H3. The summed E-state index contributed by atoms with van der Waals surface area (Å²) in [6.07, 6.45) is 3.11. The van der Waals surface area contributed by atoms with E-state index in [9.17, 15) is 9.90 Å². The van der Waals surface area contributed by atoms with Crippen LogP contribution in [0.1, 0.15) is 19.8 Å². The Kier molecular flexibility index (Phi) is 4.05. The van der Waals surface area contributed by atoms with Crippen molar-refractivity contribution in [2.24, 2.45) is 0 Å². The van der Waals surface area contributed by atoms with Crippen molar-refractivity contribution in [3.8, 4) is 11.8 Å². The molecule has 1 unspecified atom stereocenters. The Morgan fingerprint density at radius 3 is 2.88 bits per heavy atom. The third-order valence-corrected chi connectivity index (χ3v) is 2.59. The smallest absolute Gasteiger partial charge is 0.206 e. The molecule has 3 heteroatoms. The van der Waals surface area contributed by atoms with Crippen LogP contribution in [0.5, 0.6) is 0 Å². The molecule has 1 atom stereocenters. The number of carbonyl (C=O) groups excluding carboxylic acids is 1. The molecule has 16 heavy (non-hydrogen) atoms. The molecule has 0 radical (unpaired) electrons. The van der Waals surface area contributed by atoms with Gasteiger partial charge in [0.2, 0.25) is 5.78 Å². The van der Waals surface area contributed by atoms with Crippen molar-refractivity contribution < 1.29 is 14.6 Å². The van der Waals surface area contributed by atoms with Crippen LogP contribution in [0.15, 0.2) is 23.8 Å². The van der Waals surface area contributed by atoms with Crippen molar-refractivity contribution in [1.29, 1.82) is 0 Å². The van der Waals surface area contributed by atoms with Crippen molar-refractivity contribution in [3.05, 3.63) is 23.8 Å². The molecule has 0 aromatic heterocycles. The van der Waals surface area contributed by atoms with Crippen LogP contribution in [0.3, 0.4) is 0 Å². The molecular formula is C13H16O3. The first-order chi connectivity index (χ1) is 7.55. The number of allylic oxidation sites excluding steroid dienone is 1. The van der Waals surface area contributed by atoms with Crippen LogP contribution < -0.4 is 0 Å². The Hall–Kier alpha value is -1.37. The summed E-state index contributed by atoms with van der Waals surface area (Å²) in [5.74, 6) is 5.17. The summed E-state index contributed by atoms with van der Waals surface area (Å²) in [4.78, 5) is 11.6. The second-order valence-electron chi connectivity index (χ2n) is 3.82. The third kappa shape index (κ3) is 2.24. The number of ether oxygens (including phenoxy) is 1. The molecule has 0 saturated heterocycles. The molecule has 0 bridgehead atoms. The van der Waals surface area contributed by atoms with Crippen LogP contribution in [0.4, 0.5) is 0 Å². The molecule has 1 rings (SSSR count). The second kappa shape index (κ2) is 5.11. The van der Waals surface area contributed by atoms with Crippen LogP contribution in [0.25, 0.3) is 0 Å². The maximum atomic E-state index is 11.6. The summed E-state index contributed by atoms with van der Waals surface area (Å²) in [5, 5.41) is 9.85. The molecule has 1 aliphatic rings. The Labute approximate surface area is 95.8 Å². The van der Waals surface area contributed by atoms with Gasteiger partial charge < -0.3 is 9.84 Å². The zero-order valence-electron chi connectivity index (χ0n) is 9.67. The lowest BCUT2D eigenvalue weighted by atomic mass is 9.71. The topological polar surface area (TPSA) is 46.5 Å². The van der Waals surface area contributed by atoms with Crippen LogP contribution in [-0.2, 0) is 9.53 Å². The van der Waals surface area contributed by atoms with Gasteiger partial charge in [0.15, 0.2) is 0 Å². The number of hydrogen-bond donors (Lipinski definition) is 1. The third-order valence-electron chi connectivity index (χ3n) is 2.59. The van der Waals surface area contributed by atoms with Gasteiger partial charge in [-0.25, -0.2) is 0 Å². The van der Waals surface area contributed by atoms with E-state index in [1.807, 2.05) is 0 Å². The fourth-order valence-corrected chi connectivity index (χ4v) is 1.64. The van der Waals surface area contributed by atoms with E-state index in [0.29, 0.717) is 17.6 Å². The highest BCUT2D eigenvalue weighted by Gasteiger charge is 2.47. The lowest BCUT2D eigenvalue weighted by molar-refractivity contribution is -0.132. The summed E-state index contributed by atoms with van der Waals surface area (Å²) >= 11 is 0. The van der Waals surface area contributed by atoms with E-state index in [0.717, 1.165) is 6.42 Å². The average molecular weight is 220 g/mol. The molecule has 1 N–H and O–H groups in total. The summed E-state index contributed by atoms with van der Waals surface area (Å²) in [5.41, 5.74) is -0.190. The lowest BCUT2D eigenvalue weighted by Crippen LogP contribution is -2.48. The summed E-state index contributed by atoms with van der Waals surface area (Å²) in [6.45, 7) is 5.41. The zero-order valence-corrected chi connectivity index (χ0v) is 9.67. The molecule has 3 nitrogen and oxygen atoms in total. The van der Waals surface area contributed by atoms with Gasteiger partial charge in [0, 0.05) is 7.11 Å². The minimum atomic E-state index is -1.33. The van der Waals surface area contributed by atoms with E-state index >= 15 is 0 Å². The normalized spacial score (nSPS) is 23.6. The van der Waals surface area contributed by atoms with E-state index < -0.39 is 5.60 Å². The van der Waals surface area contributed by atoms with Crippen LogP contribution in [0, 0.1) is 11.8 Å². The molecule has 86 valence electrons. The maximum Gasteiger partial charge on any atom is 0.206 e. The molecule has 0 amide bonds. The number of ketones is 1. The number of rotatable bonds is 4. The quantitative estimate of drug-likeness (QED) is 0.572. The Morgan fingerprint density at radius 2 is 2.31 bits per heavy atom. The van der Waals surface area contributed by atoms with Gasteiger partial charge in [-0.2, -0.15) is 0 Å². The SMILES string of the molecule is C=CCCC1=C(C#CCOC)C(=O)C1(C)O. The van der Waals surface area contributed by atoms with Crippen molar-refractivity contribution in [2.45, 2.75) is 25.4 Å². The van der Waals surface area contributed by atoms with Gasteiger partial charge in [-0.05, 0) is 25.3 Å². The van der Waals surface area contributed by atoms with Crippen molar-refractivity contribution in [1.82, 2.24) is 0 Å². The van der Waals surface area contributed by atoms with E-state index in [1.54, 1.807) is 13.2 Å². The molecule has 0 aromatic carbocycles. The number of aliphatic hydroxyl groups is 1. The highest BCUT2D eigenvalue weighted by Crippen LogP contribution is 2.37. The van der Waals surface area contributed by atoms with Gasteiger partial charge in [0.25, 0.3) is 0 Å². The molecule has 1 aliphatic carbocycles. The van der Waals surface area contributed by atoms with Crippen molar-refractivity contribution in [3.63, 3.8) is 0 Å². The zero-order chi connectivity index (χ0) is 12.2. The second-order valence-corrected chi connectivity index (χ2v) is 3.82. The molecule has 0 fully saturated rings. The molecule has 0 aromatic rings. The van der Waals surface area contributed by atoms with E-state index in [4.69, 9.17) is 4.74 Å². The van der Waals surface area contributed by atoms with Gasteiger partial charge >= 0.3 is 0 Å². The van der Waals surface area contributed by atoms with E-state index in [2.05, 4.69) is 18.4 Å². The minimum absolute atomic E-state index is 0.285. The first-order valence-corrected chi connectivity index (χ1v) is 5.15. The van der Waals surface area contributed by atoms with Gasteiger partial charge in [0.05, 0.1) is 5.57 Å². The van der Waals surface area contributed by atoms with Gasteiger partial charge in [-0.1, -0.05) is 17.9 Å². The summed E-state index contributed by atoms with van der Waals surface area (Å²) in [7, 11) is 1.54. The van der Waals surface area contributed by atoms with Crippen LogP contribution >= 0.6 is 0 Å². The molecule has 0 saturated carbocycles. The van der Waals surface area contributed by atoms with Crippen LogP contribution in [0.2, 0.25) is 0 Å². The predicted molar refractivity (Wildman–Crippen MR) is 61.7 cm³/mol. The Morgan fingerprint density at radius 1 is 1.62 bits per heavy atom. The molecular weight excluding hydrogens is 204 g/mol. The van der Waals surface area contributed by atoms with Crippen molar-refractivity contribution in [2.75, 3.05) is 13.7 Å². The summed E-state index contributed by atoms with van der Waals surface area (Å²) in [6, 6.07) is 0. The van der Waals surface area contributed by atoms with Crippen LogP contribution in [-0.4, -0.2) is 30.2 Å². The first kappa shape index (κ1) is 12.7. The molecule has 0 heterocycles. The predicted octanol–water partition coefficient (Wildman–Crippen LogP) is 1.23. The number of Topliss-reactive ketones (excluding diaryl/α,β-unsaturated/α-hetero) is 1. The van der Waals surface area contributed by atoms with E-state index in [1.165, 1.54) is 6.92 Å². The maximum absolute atomic E-state index is 11.6. The summed E-state index contributed by atoms with van der Waals surface area (Å²) < 4.78 is 4.78. The molecule has 0 aliphatic heterocycles. The van der Waals surface area contributed by atoms with E-state index in [-0.39, 0.29) is 12.4 Å². The molecule has 0 spiro atoms. The highest BCUT2D eigenvalue weighted by molar-refractivity contribution is 6.15. The monoisotopic (exact) mass is 220 g/mol. The highest BCUT2D eigenvalue weighted by atomic mass is 16.5. The van der Waals surface area contributed by atoms with Gasteiger partial charge in [0.1, 0.15) is 12.2 Å². The Bertz CT molecular complexity index is 391. The number of methoxy groups -OCH3 is 1. The van der Waals surface area contributed by atoms with Crippen molar-refractivity contribution >= 4 is 5.78 Å². The Balaban J connectivity index is 2.89. The number of carbonyl (C=O) groups is 1. The van der Waals surface area contributed by atoms with Gasteiger partial charge in [-0.15, -0.1) is 6.58 Å². The van der Waals surface area contributed by atoms with Gasteiger partial charge in [-0.3, -0.25) is 4.79 Å².